The van der Waals surface area contributed by atoms with Gasteiger partial charge in [-0.2, -0.15) is 0 Å². The minimum atomic E-state index is 0.0864. The Balaban J connectivity index is 2.06. The largest absolute Gasteiger partial charge is 0.375 e. The summed E-state index contributed by atoms with van der Waals surface area (Å²) in [4.78, 5) is 15.5. The van der Waals surface area contributed by atoms with Crippen molar-refractivity contribution in [2.75, 3.05) is 10.2 Å². The Morgan fingerprint density at radius 2 is 2.35 bits per heavy atom. The lowest BCUT2D eigenvalue weighted by Gasteiger charge is -2.03. The van der Waals surface area contributed by atoms with Crippen molar-refractivity contribution in [3.63, 3.8) is 0 Å². The summed E-state index contributed by atoms with van der Waals surface area (Å²) in [5, 5.41) is 3.46. The molecule has 1 heterocycles. The Hall–Kier alpha value is -0.890. The average Bonchev–Trinajstić information content (AvgIpc) is 2.66. The molecule has 0 saturated carbocycles. The fourth-order valence-corrected chi connectivity index (χ4v) is 2.76. The summed E-state index contributed by atoms with van der Waals surface area (Å²) in [6, 6.07) is 5.92. The van der Waals surface area contributed by atoms with E-state index in [4.69, 9.17) is 5.73 Å². The van der Waals surface area contributed by atoms with Gasteiger partial charge in [0.05, 0.1) is 10.2 Å². The van der Waals surface area contributed by atoms with E-state index < -0.39 is 0 Å². The van der Waals surface area contributed by atoms with E-state index in [9.17, 15) is 4.79 Å². The fraction of sp³-hybridized carbons (Fsp3) is 0.273. The van der Waals surface area contributed by atoms with E-state index in [0.29, 0.717) is 18.1 Å². The number of anilines is 1. The van der Waals surface area contributed by atoms with Gasteiger partial charge in [0, 0.05) is 17.4 Å². The van der Waals surface area contributed by atoms with Crippen molar-refractivity contribution >= 4 is 55.2 Å². The second-order valence-electron chi connectivity index (χ2n) is 3.57. The number of hydrogen-bond donors (Lipinski definition) is 2. The summed E-state index contributed by atoms with van der Waals surface area (Å²) < 4.78 is 1.90. The Bertz CT molecular complexity index is 540. The van der Waals surface area contributed by atoms with Crippen LogP contribution in [0.5, 0.6) is 0 Å². The molecule has 0 bridgehead atoms. The number of aromatic nitrogens is 1. The molecule has 2 aromatic rings. The van der Waals surface area contributed by atoms with Gasteiger partial charge in [-0.05, 0) is 17.7 Å². The molecule has 3 N–H and O–H groups in total. The standard InChI is InChI=1S/C11H12IN3OS/c12-4-3-10(16)14-6-7-1-2-8-9(5-7)17-11(13)15-8/h1-2,5H,3-4,6H2,(H2,13,15)(H,14,16). The van der Waals surface area contributed by atoms with Crippen molar-refractivity contribution in [2.24, 2.45) is 0 Å². The fourth-order valence-electron chi connectivity index (χ4n) is 1.47. The van der Waals surface area contributed by atoms with Gasteiger partial charge in [0.25, 0.3) is 0 Å². The molecular weight excluding hydrogens is 349 g/mol. The van der Waals surface area contributed by atoms with E-state index in [2.05, 4.69) is 32.9 Å². The lowest BCUT2D eigenvalue weighted by Crippen LogP contribution is -2.22. The third-order valence-electron chi connectivity index (χ3n) is 2.28. The molecule has 4 nitrogen and oxygen atoms in total. The first-order valence-electron chi connectivity index (χ1n) is 5.16. The van der Waals surface area contributed by atoms with Crippen LogP contribution in [0.4, 0.5) is 5.13 Å². The molecule has 0 unspecified atom stereocenters. The number of nitrogen functional groups attached to an aromatic ring is 1. The SMILES string of the molecule is Nc1nc2ccc(CNC(=O)CCI)cc2s1. The first kappa shape index (κ1) is 12.6. The van der Waals surface area contributed by atoms with Crippen molar-refractivity contribution in [1.82, 2.24) is 10.3 Å². The number of benzene rings is 1. The van der Waals surface area contributed by atoms with Gasteiger partial charge < -0.3 is 11.1 Å². The number of hydrogen-bond acceptors (Lipinski definition) is 4. The molecule has 1 aromatic carbocycles. The lowest BCUT2D eigenvalue weighted by atomic mass is 10.2. The van der Waals surface area contributed by atoms with Crippen LogP contribution >= 0.6 is 33.9 Å². The second-order valence-corrected chi connectivity index (χ2v) is 5.71. The average molecular weight is 361 g/mol. The van der Waals surface area contributed by atoms with Gasteiger partial charge in [0.2, 0.25) is 5.91 Å². The van der Waals surface area contributed by atoms with Crippen molar-refractivity contribution in [3.8, 4) is 0 Å². The van der Waals surface area contributed by atoms with Gasteiger partial charge in [-0.3, -0.25) is 4.79 Å². The molecule has 17 heavy (non-hydrogen) atoms. The van der Waals surface area contributed by atoms with Crippen molar-refractivity contribution in [3.05, 3.63) is 23.8 Å². The van der Waals surface area contributed by atoms with Crippen LogP contribution in [0, 0.1) is 0 Å². The molecule has 0 fully saturated rings. The van der Waals surface area contributed by atoms with Crippen LogP contribution in [0.2, 0.25) is 0 Å². The van der Waals surface area contributed by atoms with E-state index in [0.717, 1.165) is 20.2 Å². The van der Waals surface area contributed by atoms with Crippen molar-refractivity contribution in [2.45, 2.75) is 13.0 Å². The van der Waals surface area contributed by atoms with Crippen LogP contribution in [-0.2, 0) is 11.3 Å². The third-order valence-corrected chi connectivity index (χ3v) is 3.67. The summed E-state index contributed by atoms with van der Waals surface area (Å²) >= 11 is 3.65. The van der Waals surface area contributed by atoms with Gasteiger partial charge in [-0.25, -0.2) is 4.98 Å². The van der Waals surface area contributed by atoms with E-state index in [1.807, 2.05) is 18.2 Å². The highest BCUT2D eigenvalue weighted by Gasteiger charge is 2.03. The van der Waals surface area contributed by atoms with E-state index >= 15 is 0 Å². The number of nitrogens with one attached hydrogen (secondary N) is 1. The number of nitrogens with two attached hydrogens (primary N) is 1. The number of thiazole rings is 1. The quantitative estimate of drug-likeness (QED) is 0.649. The smallest absolute Gasteiger partial charge is 0.221 e. The summed E-state index contributed by atoms with van der Waals surface area (Å²) in [7, 11) is 0. The number of nitrogens with zero attached hydrogens (tertiary/aromatic N) is 1. The molecule has 90 valence electrons. The first-order valence-corrected chi connectivity index (χ1v) is 7.51. The van der Waals surface area contributed by atoms with Crippen LogP contribution in [0.15, 0.2) is 18.2 Å². The maximum atomic E-state index is 11.3. The lowest BCUT2D eigenvalue weighted by molar-refractivity contribution is -0.120. The molecule has 0 spiro atoms. The summed E-state index contributed by atoms with van der Waals surface area (Å²) in [6.07, 6.45) is 0.566. The topological polar surface area (TPSA) is 68.0 Å². The normalized spacial score (nSPS) is 10.6. The number of halogens is 1. The highest BCUT2D eigenvalue weighted by molar-refractivity contribution is 14.1. The third kappa shape index (κ3) is 3.29. The molecular formula is C11H12IN3OS. The van der Waals surface area contributed by atoms with E-state index in [1.165, 1.54) is 11.3 Å². The minimum Gasteiger partial charge on any atom is -0.375 e. The van der Waals surface area contributed by atoms with Crippen LogP contribution in [0.25, 0.3) is 10.2 Å². The van der Waals surface area contributed by atoms with Crippen LogP contribution < -0.4 is 11.1 Å². The first-order chi connectivity index (χ1) is 8.19. The summed E-state index contributed by atoms with van der Waals surface area (Å²) in [6.45, 7) is 0.559. The number of alkyl halides is 1. The zero-order valence-corrected chi connectivity index (χ0v) is 12.0. The van der Waals surface area contributed by atoms with Crippen LogP contribution in [-0.4, -0.2) is 15.3 Å². The van der Waals surface area contributed by atoms with Gasteiger partial charge in [-0.15, -0.1) is 0 Å². The Morgan fingerprint density at radius 3 is 3.12 bits per heavy atom. The number of carbonyl (C=O) groups is 1. The summed E-state index contributed by atoms with van der Waals surface area (Å²) in [5.41, 5.74) is 7.62. The molecule has 0 aliphatic heterocycles. The predicted molar refractivity (Wildman–Crippen MR) is 79.4 cm³/mol. The number of amides is 1. The minimum absolute atomic E-state index is 0.0864. The van der Waals surface area contributed by atoms with Crippen LogP contribution in [0.1, 0.15) is 12.0 Å². The highest BCUT2D eigenvalue weighted by atomic mass is 127. The molecule has 6 heteroatoms. The zero-order chi connectivity index (χ0) is 12.3. The maximum absolute atomic E-state index is 11.3. The van der Waals surface area contributed by atoms with E-state index in [1.54, 1.807) is 0 Å². The molecule has 0 atom stereocenters. The second kappa shape index (κ2) is 5.63. The zero-order valence-electron chi connectivity index (χ0n) is 9.07. The monoisotopic (exact) mass is 361 g/mol. The number of rotatable bonds is 4. The Morgan fingerprint density at radius 1 is 1.53 bits per heavy atom. The molecule has 0 aliphatic carbocycles. The van der Waals surface area contributed by atoms with Gasteiger partial charge in [0.15, 0.2) is 5.13 Å². The van der Waals surface area contributed by atoms with E-state index in [-0.39, 0.29) is 5.91 Å². The van der Waals surface area contributed by atoms with Gasteiger partial charge in [-0.1, -0.05) is 40.0 Å². The van der Waals surface area contributed by atoms with Crippen molar-refractivity contribution in [1.29, 1.82) is 0 Å². The molecule has 0 radical (unpaired) electrons. The number of carbonyl (C=O) groups excluding carboxylic acids is 1. The van der Waals surface area contributed by atoms with Crippen molar-refractivity contribution < 1.29 is 4.79 Å². The Kier molecular flexibility index (Phi) is 4.16. The van der Waals surface area contributed by atoms with Crippen LogP contribution in [0.3, 0.4) is 0 Å². The molecule has 0 saturated heterocycles. The summed E-state index contributed by atoms with van der Waals surface area (Å²) in [5.74, 6) is 0.0864. The number of fused-ring (bicyclic) bond motifs is 1. The highest BCUT2D eigenvalue weighted by Crippen LogP contribution is 2.24. The molecule has 1 aromatic heterocycles. The predicted octanol–water partition coefficient (Wildman–Crippen LogP) is 2.32. The van der Waals surface area contributed by atoms with Gasteiger partial charge >= 0.3 is 0 Å². The Labute approximate surface area is 117 Å². The molecule has 1 amide bonds. The molecule has 2 rings (SSSR count). The maximum Gasteiger partial charge on any atom is 0.221 e. The van der Waals surface area contributed by atoms with Gasteiger partial charge in [0.1, 0.15) is 0 Å². The molecule has 0 aliphatic rings.